The van der Waals surface area contributed by atoms with Crippen LogP contribution >= 0.6 is 34.5 Å². The van der Waals surface area contributed by atoms with Crippen LogP contribution in [-0.4, -0.2) is 22.3 Å². The minimum absolute atomic E-state index is 0.0557. The number of nitrogens with zero attached hydrogens (tertiary/aromatic N) is 2. The molecule has 27 heavy (non-hydrogen) atoms. The quantitative estimate of drug-likeness (QED) is 0.497. The molecular weight excluding hydrogens is 399 g/mol. The van der Waals surface area contributed by atoms with E-state index in [4.69, 9.17) is 23.2 Å². The van der Waals surface area contributed by atoms with E-state index in [0.717, 1.165) is 22.7 Å². The van der Waals surface area contributed by atoms with Crippen molar-refractivity contribution in [2.45, 2.75) is 26.3 Å². The maximum absolute atomic E-state index is 12.7. The van der Waals surface area contributed by atoms with Gasteiger partial charge in [0, 0.05) is 24.9 Å². The molecule has 6 heteroatoms. The molecular formula is C21H20Cl2N2OS. The van der Waals surface area contributed by atoms with Gasteiger partial charge in [0.05, 0.1) is 27.2 Å². The highest BCUT2D eigenvalue weighted by molar-refractivity contribution is 7.09. The summed E-state index contributed by atoms with van der Waals surface area (Å²) in [6, 6.07) is 15.7. The van der Waals surface area contributed by atoms with Crippen LogP contribution in [0.3, 0.4) is 0 Å². The molecule has 0 spiro atoms. The monoisotopic (exact) mass is 418 g/mol. The number of aromatic nitrogens is 1. The van der Waals surface area contributed by atoms with Crippen LogP contribution in [-0.2, 0) is 24.2 Å². The van der Waals surface area contributed by atoms with E-state index in [0.29, 0.717) is 29.6 Å². The van der Waals surface area contributed by atoms with Gasteiger partial charge in [-0.05, 0) is 30.2 Å². The van der Waals surface area contributed by atoms with Gasteiger partial charge in [0.1, 0.15) is 0 Å². The summed E-state index contributed by atoms with van der Waals surface area (Å²) in [7, 11) is 0. The molecule has 2 aromatic carbocycles. The first kappa shape index (κ1) is 19.9. The summed E-state index contributed by atoms with van der Waals surface area (Å²) >= 11 is 13.6. The van der Waals surface area contributed by atoms with Crippen molar-refractivity contribution in [2.24, 2.45) is 0 Å². The molecule has 3 aromatic rings. The van der Waals surface area contributed by atoms with E-state index in [9.17, 15) is 4.79 Å². The zero-order valence-corrected chi connectivity index (χ0v) is 17.3. The second-order valence-electron chi connectivity index (χ2n) is 6.23. The zero-order chi connectivity index (χ0) is 19.2. The van der Waals surface area contributed by atoms with Gasteiger partial charge in [-0.1, -0.05) is 59.6 Å². The molecule has 0 atom stereocenters. The van der Waals surface area contributed by atoms with E-state index < -0.39 is 0 Å². The van der Waals surface area contributed by atoms with Crippen molar-refractivity contribution in [1.82, 2.24) is 9.88 Å². The first-order chi connectivity index (χ1) is 13.0. The molecule has 0 fully saturated rings. The highest BCUT2D eigenvalue weighted by atomic mass is 35.5. The zero-order valence-electron chi connectivity index (χ0n) is 15.0. The Morgan fingerprint density at radius 2 is 1.85 bits per heavy atom. The van der Waals surface area contributed by atoms with Crippen LogP contribution in [0.2, 0.25) is 10.0 Å². The van der Waals surface area contributed by atoms with Gasteiger partial charge in [0.25, 0.3) is 0 Å². The first-order valence-corrected chi connectivity index (χ1v) is 10.4. The van der Waals surface area contributed by atoms with E-state index in [1.54, 1.807) is 28.4 Å². The molecule has 0 radical (unpaired) electrons. The van der Waals surface area contributed by atoms with Gasteiger partial charge in [-0.15, -0.1) is 11.3 Å². The van der Waals surface area contributed by atoms with Crippen molar-refractivity contribution in [3.05, 3.63) is 85.8 Å². The lowest BCUT2D eigenvalue weighted by Gasteiger charge is -2.21. The molecule has 3 rings (SSSR count). The molecule has 0 N–H and O–H groups in total. The number of halogens is 2. The number of carbonyl (C=O) groups is 1. The lowest BCUT2D eigenvalue weighted by molar-refractivity contribution is -0.130. The number of amides is 1. The molecule has 0 aliphatic rings. The van der Waals surface area contributed by atoms with Gasteiger partial charge in [0.15, 0.2) is 0 Å². The van der Waals surface area contributed by atoms with Crippen molar-refractivity contribution in [3.8, 4) is 0 Å². The largest absolute Gasteiger partial charge is 0.338 e. The third-order valence-electron chi connectivity index (χ3n) is 4.22. The van der Waals surface area contributed by atoms with Crippen molar-refractivity contribution in [2.75, 3.05) is 6.54 Å². The number of carbonyl (C=O) groups excluding carboxylic acids is 1. The van der Waals surface area contributed by atoms with E-state index >= 15 is 0 Å². The highest BCUT2D eigenvalue weighted by Gasteiger charge is 2.15. The van der Waals surface area contributed by atoms with E-state index in [1.165, 1.54) is 5.56 Å². The summed E-state index contributed by atoms with van der Waals surface area (Å²) in [5.41, 5.74) is 3.01. The van der Waals surface area contributed by atoms with E-state index in [2.05, 4.69) is 17.1 Å². The third-order valence-corrected chi connectivity index (χ3v) is 5.86. The van der Waals surface area contributed by atoms with Crippen LogP contribution in [0.1, 0.15) is 28.8 Å². The fraction of sp³-hybridized carbons (Fsp3) is 0.238. The molecule has 0 aliphatic heterocycles. The number of thiazole rings is 1. The Morgan fingerprint density at radius 1 is 1.07 bits per heavy atom. The number of likely N-dealkylation sites (N-methyl/N-ethyl adjacent to an activating group) is 1. The number of hydrogen-bond donors (Lipinski definition) is 0. The van der Waals surface area contributed by atoms with Gasteiger partial charge in [-0.2, -0.15) is 0 Å². The highest BCUT2D eigenvalue weighted by Crippen LogP contribution is 2.23. The van der Waals surface area contributed by atoms with Gasteiger partial charge in [0.2, 0.25) is 5.91 Å². The molecule has 0 aliphatic carbocycles. The Morgan fingerprint density at radius 3 is 2.56 bits per heavy atom. The molecule has 0 saturated heterocycles. The average Bonchev–Trinajstić information content (AvgIpc) is 3.10. The Hall–Kier alpha value is -1.88. The Balaban J connectivity index is 1.62. The Kier molecular flexibility index (Phi) is 6.89. The topological polar surface area (TPSA) is 33.2 Å². The third kappa shape index (κ3) is 5.55. The van der Waals surface area contributed by atoms with Gasteiger partial charge in [-0.3, -0.25) is 4.79 Å². The van der Waals surface area contributed by atoms with Crippen LogP contribution < -0.4 is 0 Å². The fourth-order valence-corrected chi connectivity index (χ4v) is 3.93. The van der Waals surface area contributed by atoms with E-state index in [1.807, 2.05) is 36.6 Å². The molecule has 140 valence electrons. The van der Waals surface area contributed by atoms with Gasteiger partial charge < -0.3 is 4.90 Å². The minimum atomic E-state index is 0.0557. The lowest BCUT2D eigenvalue weighted by Crippen LogP contribution is -2.31. The molecule has 1 heterocycles. The number of benzene rings is 2. The molecule has 0 bridgehead atoms. The predicted octanol–water partition coefficient (Wildman–Crippen LogP) is 5.63. The number of hydrogen-bond acceptors (Lipinski definition) is 3. The minimum Gasteiger partial charge on any atom is -0.338 e. The molecule has 3 nitrogen and oxygen atoms in total. The van der Waals surface area contributed by atoms with Crippen molar-refractivity contribution >= 4 is 40.4 Å². The lowest BCUT2D eigenvalue weighted by atomic mass is 10.2. The van der Waals surface area contributed by atoms with Gasteiger partial charge >= 0.3 is 0 Å². The van der Waals surface area contributed by atoms with Crippen molar-refractivity contribution < 1.29 is 4.79 Å². The molecule has 0 saturated carbocycles. The Labute approximate surface area is 173 Å². The fourth-order valence-electron chi connectivity index (χ4n) is 2.78. The molecule has 1 aromatic heterocycles. The average molecular weight is 419 g/mol. The first-order valence-electron chi connectivity index (χ1n) is 8.74. The summed E-state index contributed by atoms with van der Waals surface area (Å²) in [6.07, 6.45) is 1.10. The second-order valence-corrected chi connectivity index (χ2v) is 7.99. The van der Waals surface area contributed by atoms with Crippen LogP contribution in [0, 0.1) is 0 Å². The Bertz CT molecular complexity index is 912. The van der Waals surface area contributed by atoms with Crippen molar-refractivity contribution in [3.63, 3.8) is 0 Å². The summed E-state index contributed by atoms with van der Waals surface area (Å²) in [6.45, 7) is 3.10. The second kappa shape index (κ2) is 9.36. The summed E-state index contributed by atoms with van der Waals surface area (Å²) in [5.74, 6) is 0.0557. The maximum atomic E-state index is 12.7. The summed E-state index contributed by atoms with van der Waals surface area (Å²) in [4.78, 5) is 19.1. The van der Waals surface area contributed by atoms with Gasteiger partial charge in [-0.25, -0.2) is 4.98 Å². The molecule has 0 unspecified atom stereocenters. The van der Waals surface area contributed by atoms with Crippen LogP contribution in [0.25, 0.3) is 0 Å². The molecule has 1 amide bonds. The standard InChI is InChI=1S/C21H20Cl2N2OS/c1-2-25(13-16-8-9-18(22)19(23)10-16)21(26)12-17-14-27-20(24-17)11-15-6-4-3-5-7-15/h3-10,14H,2,11-13H2,1H3. The van der Waals surface area contributed by atoms with Crippen molar-refractivity contribution in [1.29, 1.82) is 0 Å². The van der Waals surface area contributed by atoms with Crippen LogP contribution in [0.15, 0.2) is 53.9 Å². The predicted molar refractivity (Wildman–Crippen MR) is 113 cm³/mol. The maximum Gasteiger partial charge on any atom is 0.228 e. The normalized spacial score (nSPS) is 10.8. The number of rotatable bonds is 7. The van der Waals surface area contributed by atoms with E-state index in [-0.39, 0.29) is 5.91 Å². The van der Waals surface area contributed by atoms with Crippen LogP contribution in [0.5, 0.6) is 0 Å². The SMILES string of the molecule is CCN(Cc1ccc(Cl)c(Cl)c1)C(=O)Cc1csc(Cc2ccccc2)n1. The summed E-state index contributed by atoms with van der Waals surface area (Å²) < 4.78 is 0. The summed E-state index contributed by atoms with van der Waals surface area (Å²) in [5, 5.41) is 4.02. The smallest absolute Gasteiger partial charge is 0.228 e. The van der Waals surface area contributed by atoms with Crippen LogP contribution in [0.4, 0.5) is 0 Å².